The van der Waals surface area contributed by atoms with Crippen LogP contribution in [0.1, 0.15) is 11.1 Å². The maximum Gasteiger partial charge on any atom is 0.125 e. The number of aromatic nitrogens is 2. The largest absolute Gasteiger partial charge is 0.392 e. The first kappa shape index (κ1) is 12.3. The number of hydrogen-bond donors (Lipinski definition) is 2. The van der Waals surface area contributed by atoms with Gasteiger partial charge in [0.2, 0.25) is 0 Å². The Morgan fingerprint density at radius 3 is 2.90 bits per heavy atom. The van der Waals surface area contributed by atoms with Gasteiger partial charge in [-0.1, -0.05) is 6.07 Å². The molecule has 2 aromatic carbocycles. The van der Waals surface area contributed by atoms with Gasteiger partial charge in [-0.05, 0) is 35.4 Å². The second-order valence-corrected chi connectivity index (χ2v) is 4.38. The monoisotopic (exact) mass is 267 g/mol. The van der Waals surface area contributed by atoms with Crippen molar-refractivity contribution in [2.75, 3.05) is 0 Å². The standard InChI is InChI=1S/C15H10FN3O/c16-11-3-10(6-17)13(7-20)12(5-11)9-1-2-14-15(4-9)19-8-18-14/h1-5,8,20H,7H2,(H,18,19). The second-order valence-electron chi connectivity index (χ2n) is 4.38. The molecule has 3 aromatic rings. The molecule has 5 heteroatoms. The summed E-state index contributed by atoms with van der Waals surface area (Å²) in [5.74, 6) is -0.504. The molecule has 0 radical (unpaired) electrons. The molecular weight excluding hydrogens is 257 g/mol. The number of aliphatic hydroxyl groups excluding tert-OH is 1. The predicted octanol–water partition coefficient (Wildman–Crippen LogP) is 2.73. The number of nitriles is 1. The lowest BCUT2D eigenvalue weighted by molar-refractivity contribution is 0.282. The van der Waals surface area contributed by atoms with E-state index in [0.717, 1.165) is 17.1 Å². The average molecular weight is 267 g/mol. The van der Waals surface area contributed by atoms with Crippen LogP contribution in [0.3, 0.4) is 0 Å². The SMILES string of the molecule is N#Cc1cc(F)cc(-c2ccc3[nH]cnc3c2)c1CO. The van der Waals surface area contributed by atoms with Crippen molar-refractivity contribution in [3.63, 3.8) is 0 Å². The van der Waals surface area contributed by atoms with Crippen LogP contribution in [0, 0.1) is 17.1 Å². The van der Waals surface area contributed by atoms with Crippen LogP contribution >= 0.6 is 0 Å². The summed E-state index contributed by atoms with van der Waals surface area (Å²) in [5, 5.41) is 18.5. The van der Waals surface area contributed by atoms with Crippen molar-refractivity contribution in [3.05, 3.63) is 53.6 Å². The van der Waals surface area contributed by atoms with Crippen molar-refractivity contribution < 1.29 is 9.50 Å². The van der Waals surface area contributed by atoms with Gasteiger partial charge >= 0.3 is 0 Å². The Morgan fingerprint density at radius 1 is 1.30 bits per heavy atom. The van der Waals surface area contributed by atoms with Gasteiger partial charge in [-0.2, -0.15) is 5.26 Å². The molecule has 3 rings (SSSR count). The van der Waals surface area contributed by atoms with E-state index in [1.165, 1.54) is 6.07 Å². The number of H-pyrrole nitrogens is 1. The Bertz CT molecular complexity index is 833. The number of imidazole rings is 1. The first-order valence-electron chi connectivity index (χ1n) is 6.00. The molecule has 0 saturated carbocycles. The van der Waals surface area contributed by atoms with Crippen molar-refractivity contribution in [2.45, 2.75) is 6.61 Å². The first-order chi connectivity index (χ1) is 9.72. The van der Waals surface area contributed by atoms with E-state index in [1.54, 1.807) is 18.5 Å². The Kier molecular flexibility index (Phi) is 2.93. The number of nitrogens with zero attached hydrogens (tertiary/aromatic N) is 2. The number of halogens is 1. The molecule has 0 aliphatic heterocycles. The molecule has 0 aliphatic rings. The molecule has 0 aliphatic carbocycles. The van der Waals surface area contributed by atoms with E-state index < -0.39 is 5.82 Å². The number of rotatable bonds is 2. The van der Waals surface area contributed by atoms with Gasteiger partial charge in [-0.25, -0.2) is 9.37 Å². The van der Waals surface area contributed by atoms with Crippen LogP contribution in [0.5, 0.6) is 0 Å². The van der Waals surface area contributed by atoms with E-state index in [1.807, 2.05) is 12.1 Å². The third-order valence-electron chi connectivity index (χ3n) is 3.23. The summed E-state index contributed by atoms with van der Waals surface area (Å²) in [6.07, 6.45) is 1.58. The quantitative estimate of drug-likeness (QED) is 0.749. The smallest absolute Gasteiger partial charge is 0.125 e. The summed E-state index contributed by atoms with van der Waals surface area (Å²) in [5.41, 5.74) is 3.40. The zero-order chi connectivity index (χ0) is 14.1. The number of aromatic amines is 1. The third kappa shape index (κ3) is 1.92. The van der Waals surface area contributed by atoms with Crippen molar-refractivity contribution >= 4 is 11.0 Å². The summed E-state index contributed by atoms with van der Waals surface area (Å²) >= 11 is 0. The Labute approximate surface area is 114 Å². The van der Waals surface area contributed by atoms with E-state index in [-0.39, 0.29) is 12.2 Å². The highest BCUT2D eigenvalue weighted by Crippen LogP contribution is 2.29. The fourth-order valence-electron chi connectivity index (χ4n) is 2.26. The van der Waals surface area contributed by atoms with Crippen molar-refractivity contribution in [3.8, 4) is 17.2 Å². The third-order valence-corrected chi connectivity index (χ3v) is 3.23. The highest BCUT2D eigenvalue weighted by atomic mass is 19.1. The number of fused-ring (bicyclic) bond motifs is 1. The topological polar surface area (TPSA) is 72.7 Å². The number of nitrogens with one attached hydrogen (secondary N) is 1. The van der Waals surface area contributed by atoms with Gasteiger partial charge in [0.05, 0.1) is 35.6 Å². The van der Waals surface area contributed by atoms with Crippen molar-refractivity contribution in [2.24, 2.45) is 0 Å². The van der Waals surface area contributed by atoms with Crippen LogP contribution in [0.25, 0.3) is 22.2 Å². The Hall–Kier alpha value is -2.71. The van der Waals surface area contributed by atoms with Gasteiger partial charge in [0.25, 0.3) is 0 Å². The Balaban J connectivity index is 2.27. The Morgan fingerprint density at radius 2 is 2.15 bits per heavy atom. The van der Waals surface area contributed by atoms with Crippen LogP contribution in [0.2, 0.25) is 0 Å². The molecule has 0 spiro atoms. The molecule has 0 fully saturated rings. The molecule has 20 heavy (non-hydrogen) atoms. The second kappa shape index (κ2) is 4.76. The van der Waals surface area contributed by atoms with Crippen LogP contribution in [-0.4, -0.2) is 15.1 Å². The van der Waals surface area contributed by atoms with E-state index in [4.69, 9.17) is 5.26 Å². The molecule has 2 N–H and O–H groups in total. The highest BCUT2D eigenvalue weighted by Gasteiger charge is 2.13. The predicted molar refractivity (Wildman–Crippen MR) is 72.1 cm³/mol. The molecule has 0 atom stereocenters. The molecule has 4 nitrogen and oxygen atoms in total. The molecular formula is C15H10FN3O. The minimum absolute atomic E-state index is 0.143. The van der Waals surface area contributed by atoms with Crippen LogP contribution < -0.4 is 0 Å². The van der Waals surface area contributed by atoms with Crippen LogP contribution in [0.4, 0.5) is 4.39 Å². The summed E-state index contributed by atoms with van der Waals surface area (Å²) in [7, 11) is 0. The van der Waals surface area contributed by atoms with Gasteiger partial charge in [-0.3, -0.25) is 0 Å². The van der Waals surface area contributed by atoms with Crippen molar-refractivity contribution in [1.82, 2.24) is 9.97 Å². The zero-order valence-corrected chi connectivity index (χ0v) is 10.4. The lowest BCUT2D eigenvalue weighted by Gasteiger charge is -2.10. The maximum atomic E-state index is 13.6. The molecule has 1 aromatic heterocycles. The van der Waals surface area contributed by atoms with Crippen molar-refractivity contribution in [1.29, 1.82) is 5.26 Å². The van der Waals surface area contributed by atoms with Gasteiger partial charge in [-0.15, -0.1) is 0 Å². The van der Waals surface area contributed by atoms with Gasteiger partial charge in [0.15, 0.2) is 0 Å². The minimum atomic E-state index is -0.504. The number of benzene rings is 2. The number of hydrogen-bond acceptors (Lipinski definition) is 3. The summed E-state index contributed by atoms with van der Waals surface area (Å²) in [6, 6.07) is 9.78. The first-order valence-corrected chi connectivity index (χ1v) is 6.00. The van der Waals surface area contributed by atoms with Gasteiger partial charge in [0, 0.05) is 5.56 Å². The molecule has 0 unspecified atom stereocenters. The zero-order valence-electron chi connectivity index (χ0n) is 10.4. The van der Waals surface area contributed by atoms with E-state index in [9.17, 15) is 9.50 Å². The summed E-state index contributed by atoms with van der Waals surface area (Å²) < 4.78 is 13.6. The summed E-state index contributed by atoms with van der Waals surface area (Å²) in [6.45, 7) is -0.322. The van der Waals surface area contributed by atoms with E-state index in [0.29, 0.717) is 16.7 Å². The normalized spacial score (nSPS) is 10.7. The minimum Gasteiger partial charge on any atom is -0.392 e. The fourth-order valence-corrected chi connectivity index (χ4v) is 2.26. The molecule has 98 valence electrons. The summed E-state index contributed by atoms with van der Waals surface area (Å²) in [4.78, 5) is 7.12. The molecule has 0 amide bonds. The molecule has 0 bridgehead atoms. The lowest BCUT2D eigenvalue weighted by Crippen LogP contribution is -1.96. The van der Waals surface area contributed by atoms with Crippen LogP contribution in [0.15, 0.2) is 36.7 Å². The number of aliphatic hydroxyl groups is 1. The lowest BCUT2D eigenvalue weighted by atomic mass is 9.95. The van der Waals surface area contributed by atoms with Gasteiger partial charge < -0.3 is 10.1 Å². The molecule has 0 saturated heterocycles. The van der Waals surface area contributed by atoms with E-state index >= 15 is 0 Å². The average Bonchev–Trinajstić information content (AvgIpc) is 2.93. The van der Waals surface area contributed by atoms with E-state index in [2.05, 4.69) is 9.97 Å². The maximum absolute atomic E-state index is 13.6. The van der Waals surface area contributed by atoms with Gasteiger partial charge in [0.1, 0.15) is 5.82 Å². The highest BCUT2D eigenvalue weighted by molar-refractivity contribution is 5.83. The fraction of sp³-hybridized carbons (Fsp3) is 0.0667. The van der Waals surface area contributed by atoms with Crippen LogP contribution in [-0.2, 0) is 6.61 Å². The molecule has 1 heterocycles.